The van der Waals surface area contributed by atoms with E-state index in [4.69, 9.17) is 4.43 Å². The van der Waals surface area contributed by atoms with Crippen molar-refractivity contribution in [3.05, 3.63) is 53.0 Å². The van der Waals surface area contributed by atoms with Crippen LogP contribution in [-0.4, -0.2) is 19.6 Å². The summed E-state index contributed by atoms with van der Waals surface area (Å²) in [7, 11) is -1.73. The van der Waals surface area contributed by atoms with E-state index in [1.807, 2.05) is 24.4 Å². The molecule has 0 saturated heterocycles. The Kier molecular flexibility index (Phi) is 6.17. The van der Waals surface area contributed by atoms with Crippen LogP contribution in [0.1, 0.15) is 49.9 Å². The number of aromatic nitrogens is 1. The average Bonchev–Trinajstić information content (AvgIpc) is 3.15. The zero-order valence-electron chi connectivity index (χ0n) is 17.4. The molecule has 0 spiro atoms. The van der Waals surface area contributed by atoms with Crippen molar-refractivity contribution in [2.24, 2.45) is 0 Å². The highest BCUT2D eigenvalue weighted by molar-refractivity contribution is 7.21. The fourth-order valence-electron chi connectivity index (χ4n) is 3.86. The van der Waals surface area contributed by atoms with Crippen LogP contribution in [0.5, 0.6) is 0 Å². The molecule has 2 heterocycles. The minimum Gasteiger partial charge on any atom is -0.408 e. The molecule has 0 aliphatic heterocycles. The zero-order valence-corrected chi connectivity index (χ0v) is 19.2. The summed E-state index contributed by atoms with van der Waals surface area (Å²) in [6.45, 7) is 11.1. The molecule has 5 heteroatoms. The number of hydrogen-bond acceptors (Lipinski definition) is 4. The molecule has 0 amide bonds. The van der Waals surface area contributed by atoms with E-state index in [-0.39, 0.29) is 5.60 Å². The molecule has 2 aromatic heterocycles. The summed E-state index contributed by atoms with van der Waals surface area (Å²) >= 11 is 1.52. The standard InChI is InChI=1S/C23H29NO2SSi/c1-6-28(7-2,8-3)26-23(4,5)18-12-13-24-21(15-18)20-11-9-10-17-14-19(16-25)27-22(17)20/h9-16H,6-8H2,1-5H3. The lowest BCUT2D eigenvalue weighted by molar-refractivity contribution is 0.0940. The van der Waals surface area contributed by atoms with Crippen molar-refractivity contribution in [2.75, 3.05) is 0 Å². The predicted octanol–water partition coefficient (Wildman–Crippen LogP) is 7.03. The van der Waals surface area contributed by atoms with Crippen LogP contribution in [0.2, 0.25) is 18.1 Å². The highest BCUT2D eigenvalue weighted by Gasteiger charge is 2.36. The summed E-state index contributed by atoms with van der Waals surface area (Å²) in [5.41, 5.74) is 2.78. The Morgan fingerprint density at radius 1 is 1.11 bits per heavy atom. The van der Waals surface area contributed by atoms with E-state index in [1.54, 1.807) is 0 Å². The first-order valence-electron chi connectivity index (χ1n) is 10.0. The molecule has 148 valence electrons. The largest absolute Gasteiger partial charge is 0.408 e. The van der Waals surface area contributed by atoms with Gasteiger partial charge < -0.3 is 4.43 Å². The lowest BCUT2D eigenvalue weighted by Gasteiger charge is -2.38. The van der Waals surface area contributed by atoms with Crippen molar-refractivity contribution >= 4 is 36.0 Å². The second kappa shape index (κ2) is 8.27. The smallest absolute Gasteiger partial charge is 0.193 e. The van der Waals surface area contributed by atoms with Gasteiger partial charge in [0.05, 0.1) is 16.2 Å². The number of rotatable bonds is 8. The van der Waals surface area contributed by atoms with Gasteiger partial charge >= 0.3 is 0 Å². The summed E-state index contributed by atoms with van der Waals surface area (Å²) in [6.07, 6.45) is 2.79. The van der Waals surface area contributed by atoms with E-state index in [9.17, 15) is 4.79 Å². The van der Waals surface area contributed by atoms with Crippen molar-refractivity contribution in [1.29, 1.82) is 0 Å². The van der Waals surface area contributed by atoms with Gasteiger partial charge in [0.25, 0.3) is 0 Å². The molecule has 0 saturated carbocycles. The number of thiophene rings is 1. The van der Waals surface area contributed by atoms with Gasteiger partial charge in [-0.1, -0.05) is 39.0 Å². The van der Waals surface area contributed by atoms with Gasteiger partial charge in [0.15, 0.2) is 14.6 Å². The first kappa shape index (κ1) is 20.9. The molecule has 3 aromatic rings. The maximum atomic E-state index is 11.2. The zero-order chi connectivity index (χ0) is 20.4. The van der Waals surface area contributed by atoms with Crippen molar-refractivity contribution in [3.63, 3.8) is 0 Å². The molecule has 1 aromatic carbocycles. The van der Waals surface area contributed by atoms with E-state index < -0.39 is 8.32 Å². The average molecular weight is 412 g/mol. The quantitative estimate of drug-likeness (QED) is 0.295. The van der Waals surface area contributed by atoms with Gasteiger partial charge in [-0.2, -0.15) is 0 Å². The third kappa shape index (κ3) is 3.97. The molecule has 0 fully saturated rings. The van der Waals surface area contributed by atoms with E-state index in [1.165, 1.54) is 11.3 Å². The molecule has 0 unspecified atom stereocenters. The number of carbonyl (C=O) groups is 1. The van der Waals surface area contributed by atoms with Gasteiger partial charge in [-0.15, -0.1) is 11.3 Å². The molecule has 3 nitrogen and oxygen atoms in total. The summed E-state index contributed by atoms with van der Waals surface area (Å²) in [6, 6.07) is 15.7. The predicted molar refractivity (Wildman–Crippen MR) is 122 cm³/mol. The van der Waals surface area contributed by atoms with Gasteiger partial charge in [0.2, 0.25) is 0 Å². The third-order valence-corrected chi connectivity index (χ3v) is 11.7. The number of carbonyl (C=O) groups excluding carboxylic acids is 1. The Morgan fingerprint density at radius 3 is 2.46 bits per heavy atom. The third-order valence-electron chi connectivity index (χ3n) is 5.82. The van der Waals surface area contributed by atoms with Crippen LogP contribution in [-0.2, 0) is 10.0 Å². The normalized spacial score (nSPS) is 12.5. The molecule has 0 aliphatic rings. The molecular formula is C23H29NO2SSi. The lowest BCUT2D eigenvalue weighted by Crippen LogP contribution is -2.43. The van der Waals surface area contributed by atoms with E-state index in [0.29, 0.717) is 0 Å². The van der Waals surface area contributed by atoms with Gasteiger partial charge in [0, 0.05) is 16.5 Å². The Labute approximate surface area is 172 Å². The van der Waals surface area contributed by atoms with E-state index in [0.717, 1.165) is 56.2 Å². The minimum absolute atomic E-state index is 0.358. The van der Waals surface area contributed by atoms with Gasteiger partial charge in [-0.05, 0) is 61.1 Å². The molecule has 0 aliphatic carbocycles. The molecule has 3 rings (SSSR count). The van der Waals surface area contributed by atoms with Crippen molar-refractivity contribution in [1.82, 2.24) is 4.98 Å². The second-order valence-corrected chi connectivity index (χ2v) is 13.6. The number of benzene rings is 1. The van der Waals surface area contributed by atoms with Crippen molar-refractivity contribution in [3.8, 4) is 11.3 Å². The number of pyridine rings is 1. The Balaban J connectivity index is 2.03. The molecule has 28 heavy (non-hydrogen) atoms. The van der Waals surface area contributed by atoms with E-state index in [2.05, 4.69) is 57.8 Å². The van der Waals surface area contributed by atoms with Gasteiger partial charge in [0.1, 0.15) is 0 Å². The van der Waals surface area contributed by atoms with Gasteiger partial charge in [-0.25, -0.2) is 0 Å². The lowest BCUT2D eigenvalue weighted by atomic mass is 9.97. The monoisotopic (exact) mass is 411 g/mol. The highest BCUT2D eigenvalue weighted by atomic mass is 32.1. The van der Waals surface area contributed by atoms with Gasteiger partial charge in [-0.3, -0.25) is 9.78 Å². The summed E-state index contributed by atoms with van der Waals surface area (Å²) < 4.78 is 7.93. The van der Waals surface area contributed by atoms with Crippen LogP contribution in [0.25, 0.3) is 21.3 Å². The summed E-state index contributed by atoms with van der Waals surface area (Å²) in [5, 5.41) is 1.08. The molecule has 0 N–H and O–H groups in total. The molecule has 0 atom stereocenters. The topological polar surface area (TPSA) is 39.2 Å². The number of nitrogens with zero attached hydrogens (tertiary/aromatic N) is 1. The van der Waals surface area contributed by atoms with Crippen LogP contribution < -0.4 is 0 Å². The Hall–Kier alpha value is -1.82. The van der Waals surface area contributed by atoms with Crippen LogP contribution in [0.15, 0.2) is 42.6 Å². The number of fused-ring (bicyclic) bond motifs is 1. The fraction of sp³-hybridized carbons (Fsp3) is 0.391. The SMILES string of the molecule is CC[Si](CC)(CC)OC(C)(C)c1ccnc(-c2cccc3cc(C=O)sc23)c1. The second-order valence-electron chi connectivity index (χ2n) is 7.78. The Morgan fingerprint density at radius 2 is 1.82 bits per heavy atom. The molecular weight excluding hydrogens is 382 g/mol. The highest BCUT2D eigenvalue weighted by Crippen LogP contribution is 2.37. The summed E-state index contributed by atoms with van der Waals surface area (Å²) in [5.74, 6) is 0. The summed E-state index contributed by atoms with van der Waals surface area (Å²) in [4.78, 5) is 16.6. The van der Waals surface area contributed by atoms with Crippen molar-refractivity contribution < 1.29 is 9.22 Å². The fourth-order valence-corrected chi connectivity index (χ4v) is 7.99. The van der Waals surface area contributed by atoms with Crippen molar-refractivity contribution in [2.45, 2.75) is 58.4 Å². The maximum Gasteiger partial charge on any atom is 0.193 e. The number of hydrogen-bond donors (Lipinski definition) is 0. The van der Waals surface area contributed by atoms with Crippen LogP contribution in [0.4, 0.5) is 0 Å². The molecule has 0 bridgehead atoms. The van der Waals surface area contributed by atoms with Crippen LogP contribution >= 0.6 is 11.3 Å². The number of aldehydes is 1. The first-order chi connectivity index (χ1) is 13.4. The van der Waals surface area contributed by atoms with Crippen LogP contribution in [0, 0.1) is 0 Å². The first-order valence-corrected chi connectivity index (χ1v) is 13.4. The maximum absolute atomic E-state index is 11.2. The van der Waals surface area contributed by atoms with Crippen LogP contribution in [0.3, 0.4) is 0 Å². The molecule has 0 radical (unpaired) electrons. The minimum atomic E-state index is -1.73. The van der Waals surface area contributed by atoms with E-state index >= 15 is 0 Å². The Bertz CT molecular complexity index is 967.